The number of rotatable bonds is 8. The number of carbonyl (C=O) groups excluding carboxylic acids is 4. The van der Waals surface area contributed by atoms with Gasteiger partial charge in [-0.05, 0) is 36.0 Å². The Balaban J connectivity index is 1.70. The second kappa shape index (κ2) is 9.11. The fourth-order valence-electron chi connectivity index (χ4n) is 5.12. The zero-order valence-corrected chi connectivity index (χ0v) is 19.2. The van der Waals surface area contributed by atoms with Crippen molar-refractivity contribution in [3.8, 4) is 0 Å². The topological polar surface area (TPSA) is 120 Å². The lowest BCUT2D eigenvalue weighted by atomic mass is 9.97. The molecule has 2 aliphatic heterocycles. The van der Waals surface area contributed by atoms with Crippen LogP contribution < -0.4 is 21.5 Å². The number of hydrogen-bond acceptors (Lipinski definition) is 5. The van der Waals surface area contributed by atoms with Gasteiger partial charge >= 0.3 is 12.1 Å². The van der Waals surface area contributed by atoms with Gasteiger partial charge in [0, 0.05) is 19.6 Å². The van der Waals surface area contributed by atoms with Gasteiger partial charge in [0.2, 0.25) is 11.8 Å². The first kappa shape index (κ1) is 25.3. The van der Waals surface area contributed by atoms with Crippen LogP contribution in [0.4, 0.5) is 13.2 Å². The smallest absolute Gasteiger partial charge is 0.356 e. The molecule has 1 aliphatic carbocycles. The molecule has 4 amide bonds. The van der Waals surface area contributed by atoms with Crippen LogP contribution in [0.15, 0.2) is 0 Å². The van der Waals surface area contributed by atoms with Gasteiger partial charge in [-0.2, -0.15) is 13.2 Å². The lowest BCUT2D eigenvalue weighted by Gasteiger charge is -2.33. The van der Waals surface area contributed by atoms with Crippen LogP contribution in [-0.2, 0) is 19.2 Å². The molecule has 5 atom stereocenters. The van der Waals surface area contributed by atoms with Crippen LogP contribution in [0.25, 0.3) is 0 Å². The fourth-order valence-corrected chi connectivity index (χ4v) is 5.12. The maximum atomic E-state index is 13.3. The fraction of sp³-hybridized carbons (Fsp3) is 0.810. The molecular weight excluding hydrogens is 443 g/mol. The highest BCUT2D eigenvalue weighted by Gasteiger charge is 2.69. The van der Waals surface area contributed by atoms with E-state index in [1.165, 1.54) is 4.90 Å². The Morgan fingerprint density at radius 2 is 1.91 bits per heavy atom. The number of fused-ring (bicyclic) bond motifs is 1. The van der Waals surface area contributed by atoms with E-state index in [2.05, 4.69) is 16.2 Å². The minimum Gasteiger partial charge on any atom is -0.356 e. The summed E-state index contributed by atoms with van der Waals surface area (Å²) in [4.78, 5) is 50.8. The van der Waals surface area contributed by atoms with Crippen LogP contribution in [-0.4, -0.2) is 66.4 Å². The van der Waals surface area contributed by atoms with Crippen molar-refractivity contribution in [3.63, 3.8) is 0 Å². The lowest BCUT2D eigenvalue weighted by molar-refractivity contribution is -0.175. The highest BCUT2D eigenvalue weighted by molar-refractivity contribution is 5.94. The van der Waals surface area contributed by atoms with E-state index < -0.39 is 36.0 Å². The van der Waals surface area contributed by atoms with Crippen molar-refractivity contribution >= 4 is 23.6 Å². The Labute approximate surface area is 190 Å². The van der Waals surface area contributed by atoms with E-state index in [1.54, 1.807) is 13.8 Å². The van der Waals surface area contributed by atoms with E-state index in [4.69, 9.17) is 0 Å². The van der Waals surface area contributed by atoms with E-state index in [9.17, 15) is 32.3 Å². The molecule has 1 saturated carbocycles. The second-order valence-electron chi connectivity index (χ2n) is 10.2. The van der Waals surface area contributed by atoms with Gasteiger partial charge in [-0.1, -0.05) is 27.7 Å². The molecule has 12 heteroatoms. The van der Waals surface area contributed by atoms with Crippen LogP contribution in [0.1, 0.15) is 40.5 Å². The number of carbonyl (C=O) groups is 4. The van der Waals surface area contributed by atoms with Crippen molar-refractivity contribution in [2.24, 2.45) is 29.1 Å². The predicted octanol–water partition coefficient (Wildman–Crippen LogP) is 0.320. The quantitative estimate of drug-likeness (QED) is 0.377. The predicted molar refractivity (Wildman–Crippen MR) is 111 cm³/mol. The van der Waals surface area contributed by atoms with E-state index in [0.29, 0.717) is 13.0 Å². The molecule has 0 aromatic rings. The molecular formula is C21H32F3N5O4. The van der Waals surface area contributed by atoms with Crippen molar-refractivity contribution in [2.75, 3.05) is 19.6 Å². The van der Waals surface area contributed by atoms with Crippen LogP contribution >= 0.6 is 0 Å². The highest BCUT2D eigenvalue weighted by atomic mass is 19.4. The maximum Gasteiger partial charge on any atom is 0.471 e. The lowest BCUT2D eigenvalue weighted by Crippen LogP contribution is -2.58. The number of nitrogens with one attached hydrogen (secondary N) is 4. The first-order valence-corrected chi connectivity index (χ1v) is 11.2. The van der Waals surface area contributed by atoms with Gasteiger partial charge in [-0.3, -0.25) is 24.6 Å². The van der Waals surface area contributed by atoms with Gasteiger partial charge in [0.1, 0.15) is 12.1 Å². The Morgan fingerprint density at radius 3 is 2.45 bits per heavy atom. The SMILES string of the molecule is CC(C)CC(NC(=O)C(F)(F)F)C(=O)N1C[C@H]2[C@@H]([C@H]1C(=O)NNC[C@@H]1CCNC1=O)C2(C)C. The molecule has 186 valence electrons. The van der Waals surface area contributed by atoms with E-state index in [1.807, 2.05) is 19.2 Å². The second-order valence-corrected chi connectivity index (χ2v) is 10.2. The van der Waals surface area contributed by atoms with E-state index >= 15 is 0 Å². The molecule has 0 spiro atoms. The zero-order chi connectivity index (χ0) is 24.7. The van der Waals surface area contributed by atoms with Gasteiger partial charge < -0.3 is 15.5 Å². The minimum atomic E-state index is -5.11. The summed E-state index contributed by atoms with van der Waals surface area (Å²) >= 11 is 0. The summed E-state index contributed by atoms with van der Waals surface area (Å²) in [5.41, 5.74) is 5.14. The molecule has 2 heterocycles. The van der Waals surface area contributed by atoms with E-state index in [-0.39, 0.29) is 54.5 Å². The summed E-state index contributed by atoms with van der Waals surface area (Å²) < 4.78 is 38.5. The molecule has 9 nitrogen and oxygen atoms in total. The number of nitrogens with zero attached hydrogens (tertiary/aromatic N) is 1. The molecule has 3 rings (SSSR count). The summed E-state index contributed by atoms with van der Waals surface area (Å²) in [5, 5.41) is 4.52. The largest absolute Gasteiger partial charge is 0.471 e. The number of amides is 4. The third kappa shape index (κ3) is 5.25. The Kier molecular flexibility index (Phi) is 6.97. The summed E-state index contributed by atoms with van der Waals surface area (Å²) in [6.07, 6.45) is -4.46. The summed E-state index contributed by atoms with van der Waals surface area (Å²) in [6.45, 7) is 8.47. The minimum absolute atomic E-state index is 0.0132. The van der Waals surface area contributed by atoms with Gasteiger partial charge in [-0.15, -0.1) is 0 Å². The maximum absolute atomic E-state index is 13.3. The number of piperidine rings is 1. The molecule has 1 unspecified atom stereocenters. The molecule has 0 bridgehead atoms. The first-order valence-electron chi connectivity index (χ1n) is 11.2. The molecule has 3 fully saturated rings. The van der Waals surface area contributed by atoms with Crippen molar-refractivity contribution in [3.05, 3.63) is 0 Å². The molecule has 0 aromatic heterocycles. The highest BCUT2D eigenvalue weighted by Crippen LogP contribution is 2.64. The standard InChI is InChI=1S/C21H32F3N5O4/c1-10(2)7-13(27-19(33)21(22,23)24)18(32)29-9-12-14(20(12,3)4)15(29)17(31)28-26-8-11-5-6-25-16(11)30/h10-15,26H,5-9H2,1-4H3,(H,25,30)(H,27,33)(H,28,31)/t11-,12-,13?,14-,15-/m0/s1. The number of halogens is 3. The average Bonchev–Trinajstić information content (AvgIpc) is 3.07. The summed E-state index contributed by atoms with van der Waals surface area (Å²) in [6, 6.07) is -2.26. The van der Waals surface area contributed by atoms with Crippen molar-refractivity contribution in [1.29, 1.82) is 0 Å². The normalized spacial score (nSPS) is 28.8. The molecule has 4 N–H and O–H groups in total. The number of hydrogen-bond donors (Lipinski definition) is 4. The Bertz CT molecular complexity index is 816. The van der Waals surface area contributed by atoms with Crippen molar-refractivity contribution in [1.82, 2.24) is 26.4 Å². The number of alkyl halides is 3. The molecule has 2 saturated heterocycles. The number of likely N-dealkylation sites (tertiary alicyclic amines) is 1. The van der Waals surface area contributed by atoms with E-state index in [0.717, 1.165) is 0 Å². The average molecular weight is 476 g/mol. The molecule has 33 heavy (non-hydrogen) atoms. The van der Waals surface area contributed by atoms with Gasteiger partial charge in [-0.25, -0.2) is 5.43 Å². The summed E-state index contributed by atoms with van der Waals surface area (Å²) in [7, 11) is 0. The van der Waals surface area contributed by atoms with Crippen molar-refractivity contribution in [2.45, 2.75) is 58.8 Å². The zero-order valence-electron chi connectivity index (χ0n) is 19.2. The Morgan fingerprint density at radius 1 is 1.24 bits per heavy atom. The van der Waals surface area contributed by atoms with Gasteiger partial charge in [0.05, 0.1) is 5.92 Å². The van der Waals surface area contributed by atoms with Crippen LogP contribution in [0.5, 0.6) is 0 Å². The Hall–Kier alpha value is -2.37. The molecule has 0 aromatic carbocycles. The monoisotopic (exact) mass is 475 g/mol. The van der Waals surface area contributed by atoms with Gasteiger partial charge in [0.15, 0.2) is 0 Å². The van der Waals surface area contributed by atoms with Crippen LogP contribution in [0, 0.1) is 29.1 Å². The van der Waals surface area contributed by atoms with Crippen molar-refractivity contribution < 1.29 is 32.3 Å². The van der Waals surface area contributed by atoms with Gasteiger partial charge in [0.25, 0.3) is 5.91 Å². The summed E-state index contributed by atoms with van der Waals surface area (Å²) in [5.74, 6) is -3.99. The van der Waals surface area contributed by atoms with Crippen LogP contribution in [0.2, 0.25) is 0 Å². The van der Waals surface area contributed by atoms with Crippen LogP contribution in [0.3, 0.4) is 0 Å². The third-order valence-corrected chi connectivity index (χ3v) is 7.05. The molecule has 0 radical (unpaired) electrons. The first-order chi connectivity index (χ1) is 15.2. The number of hydrazine groups is 1. The molecule has 3 aliphatic rings. The third-order valence-electron chi connectivity index (χ3n) is 7.05.